The molecule has 1 fully saturated rings. The van der Waals surface area contributed by atoms with Gasteiger partial charge in [-0.05, 0) is 53.0 Å². The summed E-state index contributed by atoms with van der Waals surface area (Å²) in [6, 6.07) is 0. The van der Waals surface area contributed by atoms with Gasteiger partial charge in [0.05, 0.1) is 18.8 Å². The molecule has 0 aromatic heterocycles. The van der Waals surface area contributed by atoms with Gasteiger partial charge in [-0.1, -0.05) is 13.8 Å². The fraction of sp³-hybridized carbons (Fsp3) is 0.905. The van der Waals surface area contributed by atoms with E-state index >= 15 is 0 Å². The molecule has 1 saturated heterocycles. The van der Waals surface area contributed by atoms with Crippen LogP contribution < -0.4 is 16.0 Å². The number of alkyl carbamates (subject to hydrolysis) is 1. The number of hydrogen-bond donors (Lipinski definition) is 3. The summed E-state index contributed by atoms with van der Waals surface area (Å²) in [7, 11) is 1.77. The first-order valence-corrected chi connectivity index (χ1v) is 11.0. The number of ether oxygens (including phenoxy) is 2. The number of nitrogens with one attached hydrogen (secondary N) is 3. The van der Waals surface area contributed by atoms with Crippen molar-refractivity contribution in [2.24, 2.45) is 4.99 Å². The van der Waals surface area contributed by atoms with Crippen LogP contribution in [-0.4, -0.2) is 81.1 Å². The number of carbonyl (C=O) groups excluding carboxylic acids is 1. The van der Waals surface area contributed by atoms with Gasteiger partial charge in [0.15, 0.2) is 5.96 Å². The molecule has 0 bridgehead atoms. The Kier molecular flexibility index (Phi) is 14.7. The Bertz CT molecular complexity index is 501. The molecular weight excluding hydrogens is 497 g/mol. The average molecular weight is 542 g/mol. The van der Waals surface area contributed by atoms with Crippen molar-refractivity contribution in [3.8, 4) is 0 Å². The van der Waals surface area contributed by atoms with Crippen molar-refractivity contribution >= 4 is 36.0 Å². The molecule has 0 atom stereocenters. The van der Waals surface area contributed by atoms with E-state index in [9.17, 15) is 4.79 Å². The van der Waals surface area contributed by atoms with Gasteiger partial charge in [-0.25, -0.2) is 4.79 Å². The van der Waals surface area contributed by atoms with Gasteiger partial charge in [0.25, 0.3) is 0 Å². The molecule has 0 aromatic rings. The van der Waals surface area contributed by atoms with E-state index < -0.39 is 5.60 Å². The van der Waals surface area contributed by atoms with E-state index in [1.807, 2.05) is 20.8 Å². The van der Waals surface area contributed by atoms with Crippen LogP contribution in [-0.2, 0) is 9.47 Å². The molecule has 0 saturated carbocycles. The molecule has 0 unspecified atom stereocenters. The zero-order chi connectivity index (χ0) is 21.8. The normalized spacial score (nSPS) is 15.9. The first-order chi connectivity index (χ1) is 13.7. The second-order valence-electron chi connectivity index (χ2n) is 8.63. The molecule has 0 radical (unpaired) electrons. The Morgan fingerprint density at radius 1 is 1.10 bits per heavy atom. The minimum absolute atomic E-state index is 0. The van der Waals surface area contributed by atoms with Crippen LogP contribution in [0.1, 0.15) is 60.3 Å². The van der Waals surface area contributed by atoms with Gasteiger partial charge >= 0.3 is 6.09 Å². The molecule has 8 nitrogen and oxygen atoms in total. The highest BCUT2D eigenvalue weighted by Gasteiger charge is 2.30. The SMILES string of the molecule is CCC(CC)(CNC(=NC)NCCCCN1CCOCC1)NC(=O)OC(C)(C)C.I. The Morgan fingerprint density at radius 2 is 1.73 bits per heavy atom. The monoisotopic (exact) mass is 541 g/mol. The van der Waals surface area contributed by atoms with Crippen LogP contribution in [0.2, 0.25) is 0 Å². The highest BCUT2D eigenvalue weighted by Crippen LogP contribution is 2.16. The third-order valence-corrected chi connectivity index (χ3v) is 5.23. The Hall–Kier alpha value is -0.810. The van der Waals surface area contributed by atoms with Crippen molar-refractivity contribution in [3.63, 3.8) is 0 Å². The molecular formula is C21H44IN5O3. The van der Waals surface area contributed by atoms with Crippen LogP contribution >= 0.6 is 24.0 Å². The Morgan fingerprint density at radius 3 is 2.27 bits per heavy atom. The summed E-state index contributed by atoms with van der Waals surface area (Å²) in [6.07, 6.45) is 3.45. The number of nitrogens with zero attached hydrogens (tertiary/aromatic N) is 2. The molecule has 1 heterocycles. The number of rotatable bonds is 10. The fourth-order valence-electron chi connectivity index (χ4n) is 3.21. The summed E-state index contributed by atoms with van der Waals surface area (Å²) in [5.74, 6) is 0.758. The number of amides is 1. The van der Waals surface area contributed by atoms with E-state index in [-0.39, 0.29) is 35.6 Å². The number of guanidine groups is 1. The minimum Gasteiger partial charge on any atom is -0.444 e. The van der Waals surface area contributed by atoms with Crippen LogP contribution in [0.25, 0.3) is 0 Å². The predicted molar refractivity (Wildman–Crippen MR) is 134 cm³/mol. The summed E-state index contributed by atoms with van der Waals surface area (Å²) in [6.45, 7) is 16.1. The zero-order valence-corrected chi connectivity index (χ0v) is 22.1. The molecule has 3 N–H and O–H groups in total. The van der Waals surface area contributed by atoms with Crippen LogP contribution in [0, 0.1) is 0 Å². The molecule has 1 rings (SSSR count). The number of morpholine rings is 1. The molecule has 0 aliphatic carbocycles. The van der Waals surface area contributed by atoms with Gasteiger partial charge in [0, 0.05) is 33.2 Å². The average Bonchev–Trinajstić information content (AvgIpc) is 2.68. The lowest BCUT2D eigenvalue weighted by Gasteiger charge is -2.34. The lowest BCUT2D eigenvalue weighted by Crippen LogP contribution is -2.57. The molecule has 0 aromatic carbocycles. The molecule has 30 heavy (non-hydrogen) atoms. The third kappa shape index (κ3) is 12.1. The van der Waals surface area contributed by atoms with Gasteiger partial charge in [0.2, 0.25) is 0 Å². The van der Waals surface area contributed by atoms with Crippen molar-refractivity contribution in [1.29, 1.82) is 0 Å². The maximum Gasteiger partial charge on any atom is 0.408 e. The molecule has 1 amide bonds. The maximum atomic E-state index is 12.3. The summed E-state index contributed by atoms with van der Waals surface area (Å²) in [5, 5.41) is 9.79. The number of halogens is 1. The summed E-state index contributed by atoms with van der Waals surface area (Å²) < 4.78 is 10.8. The van der Waals surface area contributed by atoms with Crippen molar-refractivity contribution in [2.75, 3.05) is 53.0 Å². The van der Waals surface area contributed by atoms with Crippen LogP contribution in [0.3, 0.4) is 0 Å². The number of carbonyl (C=O) groups is 1. The van der Waals surface area contributed by atoms with E-state index in [0.717, 1.165) is 71.0 Å². The van der Waals surface area contributed by atoms with Gasteiger partial charge in [-0.2, -0.15) is 0 Å². The van der Waals surface area contributed by atoms with E-state index in [1.54, 1.807) is 7.05 Å². The molecule has 178 valence electrons. The van der Waals surface area contributed by atoms with Crippen molar-refractivity contribution < 1.29 is 14.3 Å². The van der Waals surface area contributed by atoms with Gasteiger partial charge in [-0.15, -0.1) is 24.0 Å². The van der Waals surface area contributed by atoms with Gasteiger partial charge in [-0.3, -0.25) is 9.89 Å². The quantitative estimate of drug-likeness (QED) is 0.171. The predicted octanol–water partition coefficient (Wildman–Crippen LogP) is 2.97. The van der Waals surface area contributed by atoms with Gasteiger partial charge in [0.1, 0.15) is 5.60 Å². The number of unbranched alkanes of at least 4 members (excludes halogenated alkanes) is 1. The smallest absolute Gasteiger partial charge is 0.408 e. The fourth-order valence-corrected chi connectivity index (χ4v) is 3.21. The highest BCUT2D eigenvalue weighted by atomic mass is 127. The summed E-state index contributed by atoms with van der Waals surface area (Å²) in [4.78, 5) is 19.0. The minimum atomic E-state index is -0.510. The third-order valence-electron chi connectivity index (χ3n) is 5.23. The van der Waals surface area contributed by atoms with Crippen molar-refractivity contribution in [1.82, 2.24) is 20.9 Å². The van der Waals surface area contributed by atoms with E-state index in [1.165, 1.54) is 0 Å². The lowest BCUT2D eigenvalue weighted by atomic mass is 9.93. The van der Waals surface area contributed by atoms with E-state index in [4.69, 9.17) is 9.47 Å². The maximum absolute atomic E-state index is 12.3. The Labute approximate surface area is 200 Å². The highest BCUT2D eigenvalue weighted by molar-refractivity contribution is 14.0. The second-order valence-corrected chi connectivity index (χ2v) is 8.63. The van der Waals surface area contributed by atoms with Gasteiger partial charge < -0.3 is 25.4 Å². The molecule has 1 aliphatic heterocycles. The first kappa shape index (κ1) is 29.2. The first-order valence-electron chi connectivity index (χ1n) is 11.0. The van der Waals surface area contributed by atoms with Crippen LogP contribution in [0.5, 0.6) is 0 Å². The van der Waals surface area contributed by atoms with E-state index in [2.05, 4.69) is 39.7 Å². The topological polar surface area (TPSA) is 87.2 Å². The molecule has 1 aliphatic rings. The summed E-state index contributed by atoms with van der Waals surface area (Å²) in [5.41, 5.74) is -0.889. The van der Waals surface area contributed by atoms with Crippen LogP contribution in [0.4, 0.5) is 4.79 Å². The van der Waals surface area contributed by atoms with Crippen molar-refractivity contribution in [3.05, 3.63) is 0 Å². The van der Waals surface area contributed by atoms with E-state index in [0.29, 0.717) is 6.54 Å². The van der Waals surface area contributed by atoms with Crippen molar-refractivity contribution in [2.45, 2.75) is 71.4 Å². The standard InChI is InChI=1S/C21H43N5O3.HI/c1-7-21(8-2,25-19(27)29-20(3,4)5)17-24-18(22-6)23-11-9-10-12-26-13-15-28-16-14-26;/h7-17H2,1-6H3,(H,25,27)(H2,22,23,24);1H. The number of hydrogen-bond acceptors (Lipinski definition) is 5. The lowest BCUT2D eigenvalue weighted by molar-refractivity contribution is 0.0372. The molecule has 0 spiro atoms. The largest absolute Gasteiger partial charge is 0.444 e. The summed E-state index contributed by atoms with van der Waals surface area (Å²) >= 11 is 0. The second kappa shape index (κ2) is 15.1. The number of aliphatic imine (C=N–C) groups is 1. The molecule has 9 heteroatoms. The Balaban J connectivity index is 0.00000841. The van der Waals surface area contributed by atoms with Crippen LogP contribution in [0.15, 0.2) is 4.99 Å². The zero-order valence-electron chi connectivity index (χ0n) is 19.8.